The molecule has 0 radical (unpaired) electrons. The second kappa shape index (κ2) is 5.98. The van der Waals surface area contributed by atoms with Gasteiger partial charge in [0.15, 0.2) is 5.97 Å². The van der Waals surface area contributed by atoms with Crippen LogP contribution in [0.5, 0.6) is 0 Å². The Bertz CT molecular complexity index is 746. The number of carbonyl (C=O) groups is 2. The van der Waals surface area contributed by atoms with E-state index in [0.717, 1.165) is 35.4 Å². The molecular formula is C15H17N3O4. The number of aryl methyl sites for hydroxylation is 1. The average molecular weight is 303 g/mol. The highest BCUT2D eigenvalue weighted by Gasteiger charge is 2.26. The lowest BCUT2D eigenvalue weighted by Crippen LogP contribution is -3.02. The van der Waals surface area contributed by atoms with Gasteiger partial charge in [-0.1, -0.05) is 18.2 Å². The van der Waals surface area contributed by atoms with Crippen LogP contribution in [0.4, 0.5) is 11.5 Å². The van der Waals surface area contributed by atoms with Crippen LogP contribution in [0.1, 0.15) is 11.1 Å². The fourth-order valence-electron chi connectivity index (χ4n) is 2.53. The smallest absolute Gasteiger partial charge is 0.351 e. The van der Waals surface area contributed by atoms with Gasteiger partial charge < -0.3 is 20.7 Å². The van der Waals surface area contributed by atoms with Gasteiger partial charge in [-0.05, 0) is 12.5 Å². The first-order chi connectivity index (χ1) is 10.3. The van der Waals surface area contributed by atoms with Crippen LogP contribution in [0.15, 0.2) is 18.2 Å². The zero-order valence-electron chi connectivity index (χ0n) is 12.3. The first kappa shape index (κ1) is 15.7. The van der Waals surface area contributed by atoms with E-state index in [1.807, 2.05) is 6.07 Å². The molecule has 3 rings (SSSR count). The minimum absolute atomic E-state index is 0.931. The Morgan fingerprint density at radius 1 is 1.41 bits per heavy atom. The molecule has 0 saturated heterocycles. The third-order valence-corrected chi connectivity index (χ3v) is 3.69. The molecule has 4 N–H and O–H groups in total. The molecule has 0 amide bonds. The van der Waals surface area contributed by atoms with Crippen LogP contribution in [0, 0.1) is 6.92 Å². The Morgan fingerprint density at radius 3 is 2.64 bits per heavy atom. The maximum absolute atomic E-state index is 9.04. The van der Waals surface area contributed by atoms with Gasteiger partial charge in [0.1, 0.15) is 0 Å². The summed E-state index contributed by atoms with van der Waals surface area (Å²) < 4.78 is 0. The number of aliphatic carboxylic acids is 2. The van der Waals surface area contributed by atoms with Gasteiger partial charge in [-0.15, -0.1) is 0 Å². The number of nitrogens with one attached hydrogen (secondary N) is 1. The number of para-hydroxylation sites is 1. The molecule has 0 bridgehead atoms. The highest BCUT2D eigenvalue weighted by molar-refractivity contribution is 6.26. The average Bonchev–Trinajstić information content (AvgIpc) is 2.83. The number of nitrogens with two attached hydrogens (primary N) is 1. The molecule has 116 valence electrons. The molecule has 22 heavy (non-hydrogen) atoms. The molecule has 1 aromatic carbocycles. The van der Waals surface area contributed by atoms with Crippen molar-refractivity contribution in [3.63, 3.8) is 0 Å². The summed E-state index contributed by atoms with van der Waals surface area (Å²) in [5.41, 5.74) is 10.7. The number of pyridine rings is 1. The number of fused-ring (bicyclic) bond motifs is 2. The minimum atomic E-state index is -2.07. The summed E-state index contributed by atoms with van der Waals surface area (Å²) in [5, 5.41) is 17.4. The van der Waals surface area contributed by atoms with Crippen molar-refractivity contribution in [1.82, 2.24) is 4.98 Å². The van der Waals surface area contributed by atoms with E-state index in [1.165, 1.54) is 16.0 Å². The van der Waals surface area contributed by atoms with Crippen molar-refractivity contribution in [2.45, 2.75) is 13.3 Å². The number of benzene rings is 1. The number of anilines is 1. The van der Waals surface area contributed by atoms with E-state index in [-0.39, 0.29) is 0 Å². The van der Waals surface area contributed by atoms with E-state index >= 15 is 0 Å². The van der Waals surface area contributed by atoms with Crippen LogP contribution in [0.2, 0.25) is 0 Å². The predicted octanol–water partition coefficient (Wildman–Crippen LogP) is -1.35. The molecule has 1 aliphatic rings. The van der Waals surface area contributed by atoms with Crippen LogP contribution in [0.3, 0.4) is 0 Å². The van der Waals surface area contributed by atoms with Gasteiger partial charge in [0.2, 0.25) is 5.82 Å². The van der Waals surface area contributed by atoms with E-state index in [9.17, 15) is 0 Å². The lowest BCUT2D eigenvalue weighted by Gasteiger charge is -2.09. The number of hydrogen-bond donors (Lipinski definition) is 3. The molecule has 1 unspecified atom stereocenters. The third kappa shape index (κ3) is 2.84. The Labute approximate surface area is 127 Å². The SMILES string of the molecule is Cc1cccc2c(N)c3c(nc12)[NH+](C)CC3.O=C([O-])C(=O)O. The number of carboxylic acids is 2. The molecule has 7 nitrogen and oxygen atoms in total. The van der Waals surface area contributed by atoms with Crippen LogP contribution in [0.25, 0.3) is 10.9 Å². The van der Waals surface area contributed by atoms with Crippen molar-refractivity contribution < 1.29 is 24.7 Å². The normalized spacial score (nSPS) is 15.8. The standard InChI is InChI=1S/C13H15N3.C2H2O4/c1-8-4-3-5-9-11(14)10-6-7-16(2)13(10)15-12(8)9;3-1(4)2(5)6/h3-5H,6-7H2,1-2H3,(H2,14,15);(H,3,4)(H,5,6). The second-order valence-electron chi connectivity index (χ2n) is 5.20. The van der Waals surface area contributed by atoms with E-state index in [1.54, 1.807) is 0 Å². The monoisotopic (exact) mass is 303 g/mol. The third-order valence-electron chi connectivity index (χ3n) is 3.69. The lowest BCUT2D eigenvalue weighted by molar-refractivity contribution is -0.805. The lowest BCUT2D eigenvalue weighted by atomic mass is 10.1. The largest absolute Gasteiger partial charge is 0.539 e. The topological polar surface area (TPSA) is 121 Å². The van der Waals surface area contributed by atoms with E-state index < -0.39 is 11.9 Å². The van der Waals surface area contributed by atoms with Crippen LogP contribution in [-0.2, 0) is 16.0 Å². The van der Waals surface area contributed by atoms with Gasteiger partial charge in [-0.3, -0.25) is 4.90 Å². The van der Waals surface area contributed by atoms with Crippen molar-refractivity contribution >= 4 is 34.3 Å². The van der Waals surface area contributed by atoms with Gasteiger partial charge in [-0.25, -0.2) is 4.79 Å². The maximum atomic E-state index is 9.04. The van der Waals surface area contributed by atoms with Crippen molar-refractivity contribution in [2.24, 2.45) is 0 Å². The number of nitrogen functional groups attached to an aromatic ring is 1. The zero-order chi connectivity index (χ0) is 16.4. The summed E-state index contributed by atoms with van der Waals surface area (Å²) in [7, 11) is 2.16. The second-order valence-corrected chi connectivity index (χ2v) is 5.20. The number of hydrogen-bond acceptors (Lipinski definition) is 5. The molecule has 1 aromatic heterocycles. The number of nitrogens with zero attached hydrogens (tertiary/aromatic N) is 1. The summed E-state index contributed by atoms with van der Waals surface area (Å²) in [6.07, 6.45) is 1.05. The van der Waals surface area contributed by atoms with E-state index in [0.29, 0.717) is 0 Å². The molecule has 2 aromatic rings. The Hall–Kier alpha value is -2.67. The van der Waals surface area contributed by atoms with E-state index in [2.05, 4.69) is 26.1 Å². The molecule has 0 aliphatic carbocycles. The fraction of sp³-hybridized carbons (Fsp3) is 0.267. The fourth-order valence-corrected chi connectivity index (χ4v) is 2.53. The van der Waals surface area contributed by atoms with Gasteiger partial charge in [0.05, 0.1) is 30.4 Å². The summed E-state index contributed by atoms with van der Waals surface area (Å²) in [5.74, 6) is -2.87. The molecule has 0 fully saturated rings. The highest BCUT2D eigenvalue weighted by Crippen LogP contribution is 2.30. The van der Waals surface area contributed by atoms with Crippen molar-refractivity contribution in [1.29, 1.82) is 0 Å². The molecular weight excluding hydrogens is 286 g/mol. The first-order valence-corrected chi connectivity index (χ1v) is 6.77. The van der Waals surface area contributed by atoms with Crippen LogP contribution < -0.4 is 15.7 Å². The van der Waals surface area contributed by atoms with Crippen molar-refractivity contribution in [3.05, 3.63) is 29.3 Å². The molecule has 1 aliphatic heterocycles. The van der Waals surface area contributed by atoms with Gasteiger partial charge in [-0.2, -0.15) is 4.98 Å². The minimum Gasteiger partial charge on any atom is -0.539 e. The summed E-state index contributed by atoms with van der Waals surface area (Å²) in [6, 6.07) is 6.21. The zero-order valence-corrected chi connectivity index (χ0v) is 12.3. The molecule has 7 heteroatoms. The molecule has 2 heterocycles. The number of rotatable bonds is 0. The Morgan fingerprint density at radius 2 is 2.05 bits per heavy atom. The predicted molar refractivity (Wildman–Crippen MR) is 78.7 cm³/mol. The quantitative estimate of drug-likeness (QED) is 0.517. The summed E-state index contributed by atoms with van der Waals surface area (Å²) in [6.45, 7) is 3.19. The van der Waals surface area contributed by atoms with Gasteiger partial charge in [0.25, 0.3) is 0 Å². The highest BCUT2D eigenvalue weighted by atomic mass is 16.4. The number of carboxylic acid groups (broad SMARTS) is 2. The summed E-state index contributed by atoms with van der Waals surface area (Å²) in [4.78, 5) is 24.2. The number of quaternary nitrogens is 1. The molecule has 0 saturated carbocycles. The van der Waals surface area contributed by atoms with Gasteiger partial charge in [0, 0.05) is 11.8 Å². The Kier molecular flexibility index (Phi) is 4.27. The molecule has 1 atom stereocenters. The van der Waals surface area contributed by atoms with Crippen LogP contribution in [-0.4, -0.2) is 35.6 Å². The van der Waals surface area contributed by atoms with E-state index in [4.69, 9.17) is 30.5 Å². The summed E-state index contributed by atoms with van der Waals surface area (Å²) >= 11 is 0. The number of likely N-dealkylation sites (N-methyl/N-ethyl adjacent to an activating group) is 1. The number of carbonyl (C=O) groups excluding carboxylic acids is 1. The van der Waals surface area contributed by atoms with Crippen molar-refractivity contribution in [3.8, 4) is 0 Å². The first-order valence-electron chi connectivity index (χ1n) is 6.77. The Balaban J connectivity index is 0.000000254. The number of aromatic nitrogens is 1. The van der Waals surface area contributed by atoms with Crippen LogP contribution >= 0.6 is 0 Å². The molecule has 0 spiro atoms. The maximum Gasteiger partial charge on any atom is 0.351 e. The van der Waals surface area contributed by atoms with Crippen molar-refractivity contribution in [2.75, 3.05) is 19.3 Å². The van der Waals surface area contributed by atoms with Gasteiger partial charge >= 0.3 is 5.97 Å².